The number of halogens is 4. The second-order valence-electron chi connectivity index (χ2n) is 7.23. The van der Waals surface area contributed by atoms with Crippen LogP contribution in [0.5, 0.6) is 0 Å². The summed E-state index contributed by atoms with van der Waals surface area (Å²) in [5, 5.41) is 17.6. The SMILES string of the molecule is Nc1cc(-n2cc(C(=O)O)c(=O)c3cc(F)c(N4CC(C(=O)O)C4)c(Cl)c32)c(F)cc1F. The van der Waals surface area contributed by atoms with Crippen molar-refractivity contribution in [3.05, 3.63) is 62.7 Å². The Hall–Kier alpha value is -3.73. The second kappa shape index (κ2) is 7.45. The molecule has 166 valence electrons. The van der Waals surface area contributed by atoms with Crippen molar-refractivity contribution in [3.8, 4) is 5.69 Å². The normalized spacial score (nSPS) is 13.9. The second-order valence-corrected chi connectivity index (χ2v) is 7.61. The van der Waals surface area contributed by atoms with Crippen molar-refractivity contribution >= 4 is 45.8 Å². The number of nitrogens with zero attached hydrogens (tertiary/aromatic N) is 2. The molecular formula is C20H13ClF3N3O5. The van der Waals surface area contributed by atoms with E-state index in [1.54, 1.807) is 0 Å². The number of rotatable bonds is 4. The summed E-state index contributed by atoms with van der Waals surface area (Å²) in [6, 6.07) is 2.10. The first-order chi connectivity index (χ1) is 15.0. The minimum Gasteiger partial charge on any atom is -0.481 e. The topological polar surface area (TPSA) is 126 Å². The smallest absolute Gasteiger partial charge is 0.341 e. The van der Waals surface area contributed by atoms with Gasteiger partial charge in [0.1, 0.15) is 23.0 Å². The molecular weight excluding hydrogens is 455 g/mol. The number of aromatic carboxylic acids is 1. The number of carboxylic acids is 2. The summed E-state index contributed by atoms with van der Waals surface area (Å²) < 4.78 is 44.1. The van der Waals surface area contributed by atoms with Crippen LogP contribution in [0.4, 0.5) is 24.5 Å². The molecule has 3 aromatic rings. The number of fused-ring (bicyclic) bond motifs is 1. The van der Waals surface area contributed by atoms with E-state index in [0.29, 0.717) is 6.07 Å². The predicted octanol–water partition coefficient (Wildman–Crippen LogP) is 2.86. The van der Waals surface area contributed by atoms with Crippen molar-refractivity contribution in [2.45, 2.75) is 0 Å². The Morgan fingerprint density at radius 2 is 1.72 bits per heavy atom. The van der Waals surface area contributed by atoms with Gasteiger partial charge in [-0.15, -0.1) is 0 Å². The van der Waals surface area contributed by atoms with Gasteiger partial charge in [-0.2, -0.15) is 0 Å². The largest absolute Gasteiger partial charge is 0.481 e. The van der Waals surface area contributed by atoms with Gasteiger partial charge in [-0.05, 0) is 12.1 Å². The van der Waals surface area contributed by atoms with Gasteiger partial charge in [-0.3, -0.25) is 9.59 Å². The lowest BCUT2D eigenvalue weighted by Crippen LogP contribution is -2.51. The third-order valence-electron chi connectivity index (χ3n) is 5.26. The molecule has 8 nitrogen and oxygen atoms in total. The Bertz CT molecular complexity index is 1390. The molecule has 0 saturated carbocycles. The minimum absolute atomic E-state index is 0.0627. The van der Waals surface area contributed by atoms with Crippen molar-refractivity contribution in [3.63, 3.8) is 0 Å². The van der Waals surface area contributed by atoms with E-state index in [4.69, 9.17) is 22.4 Å². The summed E-state index contributed by atoms with van der Waals surface area (Å²) in [5.74, 6) is -6.69. The van der Waals surface area contributed by atoms with Gasteiger partial charge in [0.15, 0.2) is 0 Å². The van der Waals surface area contributed by atoms with Crippen LogP contribution in [0.25, 0.3) is 16.6 Å². The highest BCUT2D eigenvalue weighted by molar-refractivity contribution is 6.38. The molecule has 0 amide bonds. The highest BCUT2D eigenvalue weighted by atomic mass is 35.5. The lowest BCUT2D eigenvalue weighted by Gasteiger charge is -2.39. The standard InChI is InChI=1S/C20H13ClF3N3O5/c21-15-16-8(1-12(24)17(15)26-4-7(5-26)19(29)30)18(28)9(20(31)32)6-27(16)14-3-13(25)10(22)2-11(14)23/h1-3,6-7H,4-5,25H2,(H,29,30)(H,31,32). The molecule has 1 aliphatic heterocycles. The number of pyridine rings is 1. The van der Waals surface area contributed by atoms with Crippen LogP contribution >= 0.6 is 11.6 Å². The number of benzene rings is 2. The average Bonchev–Trinajstić information content (AvgIpc) is 2.66. The molecule has 1 aromatic heterocycles. The third-order valence-corrected chi connectivity index (χ3v) is 5.62. The molecule has 0 bridgehead atoms. The average molecular weight is 468 g/mol. The minimum atomic E-state index is -1.66. The van der Waals surface area contributed by atoms with Crippen molar-refractivity contribution in [1.29, 1.82) is 0 Å². The molecule has 0 aliphatic carbocycles. The fraction of sp³-hybridized carbons (Fsp3) is 0.150. The van der Waals surface area contributed by atoms with E-state index < -0.39 is 63.1 Å². The van der Waals surface area contributed by atoms with E-state index >= 15 is 0 Å². The van der Waals surface area contributed by atoms with Crippen LogP contribution in [0.3, 0.4) is 0 Å². The number of anilines is 2. The zero-order chi connectivity index (χ0) is 23.5. The van der Waals surface area contributed by atoms with Gasteiger partial charge >= 0.3 is 11.9 Å². The van der Waals surface area contributed by atoms with Crippen LogP contribution in [-0.4, -0.2) is 39.8 Å². The Morgan fingerprint density at radius 3 is 2.31 bits per heavy atom. The Kier molecular flexibility index (Phi) is 5.00. The molecule has 32 heavy (non-hydrogen) atoms. The van der Waals surface area contributed by atoms with E-state index in [1.807, 2.05) is 0 Å². The van der Waals surface area contributed by atoms with E-state index in [2.05, 4.69) is 0 Å². The van der Waals surface area contributed by atoms with E-state index in [0.717, 1.165) is 22.9 Å². The van der Waals surface area contributed by atoms with Crippen molar-refractivity contribution in [1.82, 2.24) is 4.57 Å². The first-order valence-electron chi connectivity index (χ1n) is 9.04. The summed E-state index contributed by atoms with van der Waals surface area (Å²) in [7, 11) is 0. The van der Waals surface area contributed by atoms with Crippen LogP contribution in [0, 0.1) is 23.4 Å². The predicted molar refractivity (Wildman–Crippen MR) is 109 cm³/mol. The van der Waals surface area contributed by atoms with Crippen molar-refractivity contribution < 1.29 is 33.0 Å². The number of nitrogens with two attached hydrogens (primary N) is 1. The molecule has 4 rings (SSSR count). The van der Waals surface area contributed by atoms with Crippen LogP contribution in [-0.2, 0) is 4.79 Å². The van der Waals surface area contributed by atoms with Gasteiger partial charge in [0.2, 0.25) is 5.43 Å². The van der Waals surface area contributed by atoms with Crippen LogP contribution in [0.2, 0.25) is 5.02 Å². The molecule has 0 atom stereocenters. The number of hydrogen-bond donors (Lipinski definition) is 3. The van der Waals surface area contributed by atoms with Gasteiger partial charge in [-0.25, -0.2) is 18.0 Å². The number of carbonyl (C=O) groups is 2. The fourth-order valence-corrected chi connectivity index (χ4v) is 4.00. The maximum atomic E-state index is 14.9. The van der Waals surface area contributed by atoms with Gasteiger partial charge in [0, 0.05) is 25.4 Å². The van der Waals surface area contributed by atoms with Gasteiger partial charge in [0.05, 0.1) is 38.9 Å². The molecule has 1 fully saturated rings. The highest BCUT2D eigenvalue weighted by Crippen LogP contribution is 2.39. The maximum absolute atomic E-state index is 14.9. The number of carboxylic acid groups (broad SMARTS) is 2. The number of nitrogen functional groups attached to an aromatic ring is 1. The quantitative estimate of drug-likeness (QED) is 0.504. The van der Waals surface area contributed by atoms with Crippen LogP contribution in [0.15, 0.2) is 29.2 Å². The Morgan fingerprint density at radius 1 is 1.06 bits per heavy atom. The number of aromatic nitrogens is 1. The number of hydrogen-bond acceptors (Lipinski definition) is 5. The Balaban J connectivity index is 2.07. The van der Waals surface area contributed by atoms with Crippen molar-refractivity contribution in [2.24, 2.45) is 5.92 Å². The monoisotopic (exact) mass is 467 g/mol. The first kappa shape index (κ1) is 21.5. The first-order valence-corrected chi connectivity index (χ1v) is 9.42. The van der Waals surface area contributed by atoms with Gasteiger partial charge in [0.25, 0.3) is 0 Å². The molecule has 2 heterocycles. The molecule has 0 spiro atoms. The van der Waals surface area contributed by atoms with Crippen LogP contribution in [0.1, 0.15) is 10.4 Å². The molecule has 1 saturated heterocycles. The highest BCUT2D eigenvalue weighted by Gasteiger charge is 2.36. The summed E-state index contributed by atoms with van der Waals surface area (Å²) in [6.07, 6.45) is 0.784. The fourth-order valence-electron chi connectivity index (χ4n) is 3.59. The molecule has 0 radical (unpaired) electrons. The molecule has 12 heteroatoms. The molecule has 1 aliphatic rings. The molecule has 0 unspecified atom stereocenters. The third kappa shape index (κ3) is 3.21. The van der Waals surface area contributed by atoms with Crippen molar-refractivity contribution in [2.75, 3.05) is 23.7 Å². The summed E-state index contributed by atoms with van der Waals surface area (Å²) in [6.45, 7) is -0.125. The van der Waals surface area contributed by atoms with Gasteiger partial charge < -0.3 is 25.4 Å². The summed E-state index contributed by atoms with van der Waals surface area (Å²) >= 11 is 6.40. The lowest BCUT2D eigenvalue weighted by atomic mass is 9.98. The Labute approximate surface area is 181 Å². The van der Waals surface area contributed by atoms with Crippen LogP contribution < -0.4 is 16.1 Å². The molecule has 4 N–H and O–H groups in total. The zero-order valence-corrected chi connectivity index (χ0v) is 16.7. The molecule has 2 aromatic carbocycles. The lowest BCUT2D eigenvalue weighted by molar-refractivity contribution is -0.142. The number of aliphatic carboxylic acids is 1. The zero-order valence-electron chi connectivity index (χ0n) is 15.9. The van der Waals surface area contributed by atoms with E-state index in [1.165, 1.54) is 4.90 Å². The van der Waals surface area contributed by atoms with E-state index in [9.17, 15) is 32.7 Å². The van der Waals surface area contributed by atoms with E-state index in [-0.39, 0.29) is 29.3 Å². The summed E-state index contributed by atoms with van der Waals surface area (Å²) in [5.41, 5.74) is 2.27. The maximum Gasteiger partial charge on any atom is 0.341 e. The summed E-state index contributed by atoms with van der Waals surface area (Å²) in [4.78, 5) is 36.7. The van der Waals surface area contributed by atoms with Gasteiger partial charge in [-0.1, -0.05) is 11.6 Å².